The molecule has 6 nitrogen and oxygen atoms in total. The summed E-state index contributed by atoms with van der Waals surface area (Å²) in [5.41, 5.74) is 8.24. The van der Waals surface area contributed by atoms with E-state index < -0.39 is 5.97 Å². The second-order valence-corrected chi connectivity index (χ2v) is 4.85. The Morgan fingerprint density at radius 3 is 2.74 bits per heavy atom. The molecule has 0 aliphatic rings. The second kappa shape index (κ2) is 7.93. The van der Waals surface area contributed by atoms with Gasteiger partial charge in [0.2, 0.25) is 5.95 Å². The third kappa shape index (κ3) is 4.81. The van der Waals surface area contributed by atoms with Gasteiger partial charge in [-0.3, -0.25) is 0 Å². The van der Waals surface area contributed by atoms with E-state index in [1.807, 2.05) is 37.3 Å². The maximum Gasteiger partial charge on any atom is 0.330 e. The van der Waals surface area contributed by atoms with E-state index in [4.69, 9.17) is 10.5 Å². The lowest BCUT2D eigenvalue weighted by atomic mass is 10.2. The number of hydrogen-bond acceptors (Lipinski definition) is 6. The summed E-state index contributed by atoms with van der Waals surface area (Å²) in [7, 11) is 0. The van der Waals surface area contributed by atoms with Gasteiger partial charge in [-0.25, -0.2) is 9.78 Å². The summed E-state index contributed by atoms with van der Waals surface area (Å²) in [5.74, 6) is 0.364. The molecule has 1 aromatic carbocycles. The lowest BCUT2D eigenvalue weighted by molar-refractivity contribution is -0.137. The number of ether oxygens (including phenoxy) is 1. The summed E-state index contributed by atoms with van der Waals surface area (Å²) >= 11 is 0. The summed E-state index contributed by atoms with van der Waals surface area (Å²) in [6, 6.07) is 9.93. The van der Waals surface area contributed by atoms with Crippen LogP contribution in [0.1, 0.15) is 23.7 Å². The van der Waals surface area contributed by atoms with Crippen LogP contribution >= 0.6 is 0 Å². The van der Waals surface area contributed by atoms with Gasteiger partial charge in [-0.1, -0.05) is 30.3 Å². The number of nitrogens with two attached hydrogens (primary N) is 1. The molecule has 0 spiro atoms. The van der Waals surface area contributed by atoms with Gasteiger partial charge in [0, 0.05) is 18.2 Å². The zero-order valence-corrected chi connectivity index (χ0v) is 13.2. The fraction of sp³-hybridized carbons (Fsp3) is 0.235. The molecular weight excluding hydrogens is 292 g/mol. The molecule has 0 amide bonds. The van der Waals surface area contributed by atoms with Crippen molar-refractivity contribution in [2.75, 3.05) is 17.7 Å². The molecular formula is C17H20N4O2. The molecule has 2 aromatic rings. The molecule has 0 aliphatic carbocycles. The van der Waals surface area contributed by atoms with E-state index >= 15 is 0 Å². The minimum absolute atomic E-state index is 0.186. The highest BCUT2D eigenvalue weighted by Crippen LogP contribution is 2.20. The molecule has 0 saturated carbocycles. The number of carbonyl (C=O) groups excluding carboxylic acids is 1. The number of aromatic nitrogens is 2. The summed E-state index contributed by atoms with van der Waals surface area (Å²) in [5, 5.41) is 3.23. The molecule has 0 atom stereocenters. The lowest BCUT2D eigenvalue weighted by Crippen LogP contribution is -2.08. The van der Waals surface area contributed by atoms with Crippen LogP contribution in [-0.4, -0.2) is 22.5 Å². The van der Waals surface area contributed by atoms with Gasteiger partial charge in [-0.05, 0) is 25.5 Å². The first-order chi connectivity index (χ1) is 11.1. The molecule has 23 heavy (non-hydrogen) atoms. The number of rotatable bonds is 6. The van der Waals surface area contributed by atoms with Crippen LogP contribution in [0.3, 0.4) is 0 Å². The van der Waals surface area contributed by atoms with Crippen molar-refractivity contribution in [3.05, 3.63) is 53.2 Å². The first-order valence-electron chi connectivity index (χ1n) is 7.37. The van der Waals surface area contributed by atoms with E-state index in [0.29, 0.717) is 30.2 Å². The van der Waals surface area contributed by atoms with E-state index in [-0.39, 0.29) is 5.95 Å². The smallest absolute Gasteiger partial charge is 0.330 e. The van der Waals surface area contributed by atoms with Crippen molar-refractivity contribution in [1.29, 1.82) is 0 Å². The molecule has 0 radical (unpaired) electrons. The van der Waals surface area contributed by atoms with Crippen LogP contribution in [0.25, 0.3) is 6.08 Å². The van der Waals surface area contributed by atoms with Crippen LogP contribution in [0.2, 0.25) is 0 Å². The van der Waals surface area contributed by atoms with Crippen LogP contribution in [-0.2, 0) is 16.1 Å². The first-order valence-corrected chi connectivity index (χ1v) is 7.37. The Morgan fingerprint density at radius 2 is 2.04 bits per heavy atom. The average molecular weight is 312 g/mol. The number of hydrogen-bond donors (Lipinski definition) is 2. The number of esters is 1. The standard InChI is InChI=1S/C17H20N4O2/c1-3-23-15(22)10-9-14-12(2)20-17(18)21-16(14)19-11-13-7-5-4-6-8-13/h4-10H,3,11H2,1-2H3,(H3,18,19,20,21)/b10-9+. The van der Waals surface area contributed by atoms with E-state index in [2.05, 4.69) is 15.3 Å². The summed E-state index contributed by atoms with van der Waals surface area (Å²) < 4.78 is 4.88. The molecule has 2 rings (SSSR count). The Bertz CT molecular complexity index is 699. The summed E-state index contributed by atoms with van der Waals surface area (Å²) in [6.45, 7) is 4.50. The second-order valence-electron chi connectivity index (χ2n) is 4.85. The van der Waals surface area contributed by atoms with Gasteiger partial charge in [0.1, 0.15) is 5.82 Å². The minimum Gasteiger partial charge on any atom is -0.463 e. The Morgan fingerprint density at radius 1 is 1.30 bits per heavy atom. The number of benzene rings is 1. The summed E-state index contributed by atoms with van der Waals surface area (Å²) in [4.78, 5) is 19.9. The van der Waals surface area contributed by atoms with Crippen LogP contribution in [0.5, 0.6) is 0 Å². The van der Waals surface area contributed by atoms with Crippen molar-refractivity contribution in [1.82, 2.24) is 9.97 Å². The molecule has 1 heterocycles. The van der Waals surface area contributed by atoms with E-state index in [1.54, 1.807) is 13.0 Å². The van der Waals surface area contributed by atoms with Crippen LogP contribution in [0.15, 0.2) is 36.4 Å². The molecule has 1 aromatic heterocycles. The maximum absolute atomic E-state index is 11.5. The van der Waals surface area contributed by atoms with Crippen molar-refractivity contribution in [2.45, 2.75) is 20.4 Å². The molecule has 0 unspecified atom stereocenters. The predicted molar refractivity (Wildman–Crippen MR) is 90.6 cm³/mol. The quantitative estimate of drug-likeness (QED) is 0.629. The fourth-order valence-corrected chi connectivity index (χ4v) is 2.06. The first kappa shape index (κ1) is 16.5. The van der Waals surface area contributed by atoms with Crippen LogP contribution in [0, 0.1) is 6.92 Å². The normalized spacial score (nSPS) is 10.7. The third-order valence-electron chi connectivity index (χ3n) is 3.13. The molecule has 120 valence electrons. The SMILES string of the molecule is CCOC(=O)/C=C/c1c(C)nc(N)nc1NCc1ccccc1. The van der Waals surface area contributed by atoms with Gasteiger partial charge in [-0.2, -0.15) is 4.98 Å². The van der Waals surface area contributed by atoms with Crippen molar-refractivity contribution >= 4 is 23.8 Å². The molecule has 6 heteroatoms. The Balaban J connectivity index is 2.21. The van der Waals surface area contributed by atoms with Crippen molar-refractivity contribution in [3.8, 4) is 0 Å². The summed E-state index contributed by atoms with van der Waals surface area (Å²) in [6.07, 6.45) is 3.00. The number of nitrogens with one attached hydrogen (secondary N) is 1. The maximum atomic E-state index is 11.5. The zero-order valence-electron chi connectivity index (χ0n) is 13.2. The third-order valence-corrected chi connectivity index (χ3v) is 3.13. The van der Waals surface area contributed by atoms with Gasteiger partial charge in [0.05, 0.1) is 12.3 Å². The van der Waals surface area contributed by atoms with Crippen LogP contribution < -0.4 is 11.1 Å². The highest BCUT2D eigenvalue weighted by molar-refractivity contribution is 5.88. The highest BCUT2D eigenvalue weighted by atomic mass is 16.5. The Hall–Kier alpha value is -2.89. The van der Waals surface area contributed by atoms with Gasteiger partial charge in [-0.15, -0.1) is 0 Å². The molecule has 0 aliphatic heterocycles. The molecule has 0 saturated heterocycles. The Kier molecular flexibility index (Phi) is 5.68. The number of anilines is 2. The Labute approximate surface area is 135 Å². The molecule has 3 N–H and O–H groups in total. The van der Waals surface area contributed by atoms with Crippen molar-refractivity contribution < 1.29 is 9.53 Å². The van der Waals surface area contributed by atoms with Gasteiger partial charge < -0.3 is 15.8 Å². The topological polar surface area (TPSA) is 90.1 Å². The lowest BCUT2D eigenvalue weighted by Gasteiger charge is -2.11. The molecule has 0 fully saturated rings. The van der Waals surface area contributed by atoms with Crippen molar-refractivity contribution in [2.24, 2.45) is 0 Å². The van der Waals surface area contributed by atoms with Gasteiger partial charge in [0.15, 0.2) is 0 Å². The number of aryl methyl sites for hydroxylation is 1. The zero-order chi connectivity index (χ0) is 16.7. The van der Waals surface area contributed by atoms with E-state index in [0.717, 1.165) is 5.56 Å². The fourth-order valence-electron chi connectivity index (χ4n) is 2.06. The largest absolute Gasteiger partial charge is 0.463 e. The predicted octanol–water partition coefficient (Wildman–Crippen LogP) is 2.56. The number of carbonyl (C=O) groups is 1. The van der Waals surface area contributed by atoms with E-state index in [1.165, 1.54) is 6.08 Å². The van der Waals surface area contributed by atoms with Crippen molar-refractivity contribution in [3.63, 3.8) is 0 Å². The molecule has 0 bridgehead atoms. The monoisotopic (exact) mass is 312 g/mol. The average Bonchev–Trinajstić information content (AvgIpc) is 2.53. The number of nitrogen functional groups attached to an aromatic ring is 1. The minimum atomic E-state index is -0.405. The van der Waals surface area contributed by atoms with Gasteiger partial charge >= 0.3 is 5.97 Å². The highest BCUT2D eigenvalue weighted by Gasteiger charge is 2.09. The van der Waals surface area contributed by atoms with E-state index in [9.17, 15) is 4.79 Å². The van der Waals surface area contributed by atoms with Crippen LogP contribution in [0.4, 0.5) is 11.8 Å². The number of nitrogens with zero attached hydrogens (tertiary/aromatic N) is 2. The van der Waals surface area contributed by atoms with Gasteiger partial charge in [0.25, 0.3) is 0 Å².